The lowest BCUT2D eigenvalue weighted by Gasteiger charge is -0.707. The molecule has 0 nitrogen and oxygen atoms in total. The fourth-order valence-electron chi connectivity index (χ4n) is 0. The maximum Gasteiger partial charge on any atom is 0 e. The molecule has 0 aromatic heterocycles. The van der Waals surface area contributed by atoms with Crippen LogP contribution < -0.4 is 0 Å². The highest BCUT2D eigenvalue weighted by atomic mass is 32.8. The second-order valence-corrected chi connectivity index (χ2v) is 0. The Hall–Kier alpha value is 2.37. The predicted molar refractivity (Wildman–Crippen MR) is 75.3 cm³/mol. The van der Waals surface area contributed by atoms with E-state index in [1.165, 1.54) is 0 Å². The molecule has 0 spiro atoms. The van der Waals surface area contributed by atoms with Crippen LogP contribution in [-0.2, 0) is 67.1 Å². The molecule has 0 atom stereocenters. The molecule has 0 heterocycles. The zero-order valence-electron chi connectivity index (χ0n) is 3.95. The standard InChI is InChI=1S/3S2.3H2S/c3*1-2;;;/h;;;3*1H2. The van der Waals surface area contributed by atoms with E-state index in [0.717, 1.165) is 0 Å². The van der Waals surface area contributed by atoms with E-state index in [1.807, 2.05) is 0 Å². The van der Waals surface area contributed by atoms with Crippen LogP contribution in [0.2, 0.25) is 0 Å². The van der Waals surface area contributed by atoms with Crippen molar-refractivity contribution in [1.29, 1.82) is 0 Å². The van der Waals surface area contributed by atoms with Crippen molar-refractivity contribution >= 4 is 108 Å². The lowest BCUT2D eigenvalue weighted by atomic mass is 31.4. The maximum atomic E-state index is 3.67. The van der Waals surface area contributed by atoms with Crippen molar-refractivity contribution in [1.82, 2.24) is 0 Å². The van der Waals surface area contributed by atoms with Crippen molar-refractivity contribution < 1.29 is 0 Å². The molecule has 0 aliphatic rings. The largest absolute Gasteiger partial charge is 0.197 e. The van der Waals surface area contributed by atoms with Crippen molar-refractivity contribution in [3.8, 4) is 0 Å². The molecule has 0 aromatic carbocycles. The summed E-state index contributed by atoms with van der Waals surface area (Å²) < 4.78 is 0. The average molecular weight is 295 g/mol. The Bertz CT molecular complexity index is 4.75. The average Bonchev–Trinajstić information content (AvgIpc) is 1.81. The molecule has 0 amide bonds. The van der Waals surface area contributed by atoms with Crippen LogP contribution in [0.25, 0.3) is 0 Å². The normalized spacial score (nSPS) is 1.33. The van der Waals surface area contributed by atoms with Gasteiger partial charge in [0, 0.05) is 67.1 Å². The second-order valence-electron chi connectivity index (χ2n) is 0. The summed E-state index contributed by atoms with van der Waals surface area (Å²) in [5.41, 5.74) is 0. The summed E-state index contributed by atoms with van der Waals surface area (Å²) >= 11 is 22.0. The topological polar surface area (TPSA) is 0 Å². The SMILES string of the molecule is S.S.S.S=S.S=S.S=S. The Morgan fingerprint density at radius 3 is 0.333 bits per heavy atom. The summed E-state index contributed by atoms with van der Waals surface area (Å²) in [7, 11) is 0. The van der Waals surface area contributed by atoms with Crippen molar-refractivity contribution in [2.45, 2.75) is 0 Å². The number of rotatable bonds is 0. The first-order valence-corrected chi connectivity index (χ1v) is 4.50. The van der Waals surface area contributed by atoms with Crippen molar-refractivity contribution in [2.75, 3.05) is 0 Å². The molecule has 0 radical (unpaired) electrons. The summed E-state index contributed by atoms with van der Waals surface area (Å²) in [6, 6.07) is 0. The highest BCUT2D eigenvalue weighted by Crippen LogP contribution is 0.709. The van der Waals surface area contributed by atoms with Crippen molar-refractivity contribution in [2.24, 2.45) is 0 Å². The lowest BCUT2D eigenvalue weighted by molar-refractivity contribution is 6.66. The molecule has 60 valence electrons. The van der Waals surface area contributed by atoms with Crippen LogP contribution in [0.1, 0.15) is 0 Å². The summed E-state index contributed by atoms with van der Waals surface area (Å²) in [6.07, 6.45) is 0. The zero-order chi connectivity index (χ0) is 6.00. The van der Waals surface area contributed by atoms with E-state index in [0.29, 0.717) is 0 Å². The van der Waals surface area contributed by atoms with Crippen LogP contribution >= 0.6 is 40.5 Å². The van der Waals surface area contributed by atoms with Gasteiger partial charge in [0.15, 0.2) is 0 Å². The molecular weight excluding hydrogens is 289 g/mol. The molecule has 0 rings (SSSR count). The van der Waals surface area contributed by atoms with Crippen LogP contribution in [0.3, 0.4) is 0 Å². The van der Waals surface area contributed by atoms with Gasteiger partial charge in [-0.1, -0.05) is 0 Å². The molecule has 0 N–H and O–H groups in total. The van der Waals surface area contributed by atoms with Crippen LogP contribution in [0, 0.1) is 0 Å². The quantitative estimate of drug-likeness (QED) is 0.627. The molecule has 0 unspecified atom stereocenters. The molecule has 0 aliphatic heterocycles. The third kappa shape index (κ3) is 129. The van der Waals surface area contributed by atoms with E-state index in [2.05, 4.69) is 67.1 Å². The Kier molecular flexibility index (Phi) is 764. The van der Waals surface area contributed by atoms with E-state index in [4.69, 9.17) is 0 Å². The van der Waals surface area contributed by atoms with Crippen LogP contribution in [0.4, 0.5) is 0 Å². The van der Waals surface area contributed by atoms with Gasteiger partial charge in [0.2, 0.25) is 0 Å². The van der Waals surface area contributed by atoms with Gasteiger partial charge in [0.1, 0.15) is 0 Å². The number of hydrogen-bond donors (Lipinski definition) is 0. The highest BCUT2D eigenvalue weighted by Gasteiger charge is 0.711. The van der Waals surface area contributed by atoms with E-state index >= 15 is 0 Å². The Labute approximate surface area is 106 Å². The molecule has 9 heavy (non-hydrogen) atoms. The van der Waals surface area contributed by atoms with Crippen molar-refractivity contribution in [3.05, 3.63) is 0 Å². The van der Waals surface area contributed by atoms with Gasteiger partial charge in [-0.05, 0) is 0 Å². The molecule has 0 saturated carbocycles. The molecule has 0 fully saturated rings. The van der Waals surface area contributed by atoms with Crippen LogP contribution in [-0.4, -0.2) is 0 Å². The Morgan fingerprint density at radius 1 is 0.333 bits per heavy atom. The van der Waals surface area contributed by atoms with Gasteiger partial charge in [-0.3, -0.25) is 0 Å². The fraction of sp³-hybridized carbons (Fsp3) is 0. The van der Waals surface area contributed by atoms with E-state index in [-0.39, 0.29) is 40.5 Å². The first-order valence-electron chi connectivity index (χ1n) is 0.500. The van der Waals surface area contributed by atoms with Gasteiger partial charge in [-0.25, -0.2) is 0 Å². The van der Waals surface area contributed by atoms with Gasteiger partial charge in [0.25, 0.3) is 0 Å². The molecule has 0 aromatic rings. The third-order valence-corrected chi connectivity index (χ3v) is 0. The predicted octanol–water partition coefficient (Wildman–Crippen LogP) is 0.324. The van der Waals surface area contributed by atoms with Gasteiger partial charge in [-0.2, -0.15) is 40.5 Å². The minimum absolute atomic E-state index is 0. The third-order valence-electron chi connectivity index (χ3n) is 0. The van der Waals surface area contributed by atoms with Crippen molar-refractivity contribution in [3.63, 3.8) is 0 Å². The minimum atomic E-state index is 0. The Morgan fingerprint density at radius 2 is 0.333 bits per heavy atom. The van der Waals surface area contributed by atoms with Gasteiger partial charge >= 0.3 is 0 Å². The smallest absolute Gasteiger partial charge is 0 e. The summed E-state index contributed by atoms with van der Waals surface area (Å²) in [5.74, 6) is 0. The number of hydrogen-bond acceptors (Lipinski definition) is 6. The first-order chi connectivity index (χ1) is 3.00. The summed E-state index contributed by atoms with van der Waals surface area (Å²) in [5, 5.41) is 0. The molecular formula is H6S9. The summed E-state index contributed by atoms with van der Waals surface area (Å²) in [4.78, 5) is 0. The highest BCUT2D eigenvalue weighted by molar-refractivity contribution is 8.08. The fourth-order valence-corrected chi connectivity index (χ4v) is 0. The van der Waals surface area contributed by atoms with E-state index in [1.54, 1.807) is 0 Å². The first kappa shape index (κ1) is 42.4. The molecule has 9 heteroatoms. The molecule has 0 aliphatic carbocycles. The van der Waals surface area contributed by atoms with E-state index in [9.17, 15) is 0 Å². The second kappa shape index (κ2) is 162. The molecule has 0 bridgehead atoms. The molecule has 0 saturated heterocycles. The maximum absolute atomic E-state index is 3.67. The van der Waals surface area contributed by atoms with Crippen LogP contribution in [0.5, 0.6) is 0 Å². The summed E-state index contributed by atoms with van der Waals surface area (Å²) in [6.45, 7) is 0. The van der Waals surface area contributed by atoms with Crippen LogP contribution in [0.15, 0.2) is 0 Å². The van der Waals surface area contributed by atoms with Gasteiger partial charge in [0.05, 0.1) is 0 Å². The Balaban J connectivity index is -0.00000000321. The van der Waals surface area contributed by atoms with Gasteiger partial charge < -0.3 is 0 Å². The minimum Gasteiger partial charge on any atom is -0.197 e. The monoisotopic (exact) mass is 294 g/mol. The lowest BCUT2D eigenvalue weighted by Crippen LogP contribution is -0.710. The van der Waals surface area contributed by atoms with E-state index < -0.39 is 0 Å². The van der Waals surface area contributed by atoms with Gasteiger partial charge in [-0.15, -0.1) is 0 Å². The zero-order valence-corrected chi connectivity index (χ0v) is 11.8.